The second-order valence-electron chi connectivity index (χ2n) is 9.26. The molecule has 1 aliphatic rings. The minimum absolute atomic E-state index is 0.0987. The lowest BCUT2D eigenvalue weighted by atomic mass is 9.89. The number of carbonyl (C=O) groups excluding carboxylic acids is 2. The summed E-state index contributed by atoms with van der Waals surface area (Å²) in [6.45, 7) is 4.42. The summed E-state index contributed by atoms with van der Waals surface area (Å²) in [7, 11) is 0. The Kier molecular flexibility index (Phi) is 7.39. The van der Waals surface area contributed by atoms with Crippen LogP contribution in [0.25, 0.3) is 11.3 Å². The Morgan fingerprint density at radius 1 is 1.11 bits per heavy atom. The van der Waals surface area contributed by atoms with Crippen molar-refractivity contribution in [2.75, 3.05) is 19.6 Å². The van der Waals surface area contributed by atoms with E-state index >= 15 is 0 Å². The maximum absolute atomic E-state index is 13.3. The number of aryl methyl sites for hydroxylation is 2. The number of imidazole rings is 1. The maximum atomic E-state index is 13.3. The zero-order valence-corrected chi connectivity index (χ0v) is 20.8. The van der Waals surface area contributed by atoms with E-state index in [0.717, 1.165) is 42.8 Å². The van der Waals surface area contributed by atoms with Crippen LogP contribution in [0.1, 0.15) is 57.4 Å². The summed E-state index contributed by atoms with van der Waals surface area (Å²) in [5, 5.41) is 3.03. The number of nitrogens with zero attached hydrogens (tertiary/aromatic N) is 5. The van der Waals surface area contributed by atoms with Gasteiger partial charge in [-0.3, -0.25) is 14.6 Å². The topological polar surface area (TPSA) is 106 Å². The molecule has 0 atom stereocenters. The molecule has 4 heterocycles. The lowest BCUT2D eigenvalue weighted by Crippen LogP contribution is -2.39. The molecule has 0 unspecified atom stereocenters. The van der Waals surface area contributed by atoms with Crippen LogP contribution in [0, 0.1) is 6.92 Å². The molecule has 1 aromatic carbocycles. The van der Waals surface area contributed by atoms with Crippen molar-refractivity contribution < 1.29 is 14.0 Å². The molecular formula is C28H30N6O3. The number of pyridine rings is 1. The molecule has 1 N–H and O–H groups in total. The van der Waals surface area contributed by atoms with Gasteiger partial charge < -0.3 is 19.2 Å². The van der Waals surface area contributed by atoms with Crippen LogP contribution < -0.4 is 5.32 Å². The molecule has 0 spiro atoms. The van der Waals surface area contributed by atoms with Crippen LogP contribution in [0.4, 0.5) is 0 Å². The van der Waals surface area contributed by atoms with Crippen molar-refractivity contribution in [1.82, 2.24) is 29.7 Å². The van der Waals surface area contributed by atoms with E-state index in [4.69, 9.17) is 9.40 Å². The normalized spacial score (nSPS) is 14.0. The highest BCUT2D eigenvalue weighted by atomic mass is 16.3. The van der Waals surface area contributed by atoms with Gasteiger partial charge in [0.05, 0.1) is 17.6 Å². The molecule has 0 saturated carbocycles. The Balaban J connectivity index is 1.22. The summed E-state index contributed by atoms with van der Waals surface area (Å²) < 4.78 is 7.54. The van der Waals surface area contributed by atoms with Gasteiger partial charge in [-0.1, -0.05) is 30.3 Å². The molecule has 0 aliphatic carbocycles. The lowest BCUT2D eigenvalue weighted by molar-refractivity contribution is 0.0705. The average Bonchev–Trinajstić information content (AvgIpc) is 3.64. The van der Waals surface area contributed by atoms with E-state index < -0.39 is 0 Å². The van der Waals surface area contributed by atoms with Gasteiger partial charge in [0.15, 0.2) is 17.8 Å². The number of hydrogen-bond donors (Lipinski definition) is 1. The van der Waals surface area contributed by atoms with Crippen molar-refractivity contribution in [1.29, 1.82) is 0 Å². The van der Waals surface area contributed by atoms with Gasteiger partial charge in [0, 0.05) is 55.7 Å². The maximum Gasteiger partial charge on any atom is 0.276 e. The van der Waals surface area contributed by atoms with Crippen LogP contribution in [0.2, 0.25) is 0 Å². The van der Waals surface area contributed by atoms with Crippen molar-refractivity contribution in [3.8, 4) is 11.3 Å². The number of oxazole rings is 1. The first-order valence-corrected chi connectivity index (χ1v) is 12.6. The van der Waals surface area contributed by atoms with Crippen LogP contribution in [-0.2, 0) is 6.54 Å². The van der Waals surface area contributed by atoms with Crippen molar-refractivity contribution in [3.05, 3.63) is 90.2 Å². The van der Waals surface area contributed by atoms with Gasteiger partial charge in [0.1, 0.15) is 0 Å². The molecule has 2 amide bonds. The van der Waals surface area contributed by atoms with Crippen LogP contribution >= 0.6 is 0 Å². The van der Waals surface area contributed by atoms with Gasteiger partial charge in [-0.05, 0) is 38.3 Å². The first kappa shape index (κ1) is 24.4. The van der Waals surface area contributed by atoms with Crippen LogP contribution in [0.15, 0.2) is 72.0 Å². The van der Waals surface area contributed by atoms with Crippen LogP contribution in [0.5, 0.6) is 0 Å². The van der Waals surface area contributed by atoms with E-state index in [1.165, 1.54) is 6.39 Å². The number of amides is 2. The summed E-state index contributed by atoms with van der Waals surface area (Å²) >= 11 is 0. The summed E-state index contributed by atoms with van der Waals surface area (Å²) in [4.78, 5) is 41.1. The molecular weight excluding hydrogens is 468 g/mol. The van der Waals surface area contributed by atoms with Gasteiger partial charge in [0.25, 0.3) is 11.8 Å². The summed E-state index contributed by atoms with van der Waals surface area (Å²) in [6, 6.07) is 13.3. The number of carbonyl (C=O) groups is 2. The quantitative estimate of drug-likeness (QED) is 0.367. The van der Waals surface area contributed by atoms with Crippen LogP contribution in [-0.4, -0.2) is 55.9 Å². The molecule has 3 aromatic heterocycles. The summed E-state index contributed by atoms with van der Waals surface area (Å²) in [5.74, 6) is 0.336. The third kappa shape index (κ3) is 5.61. The third-order valence-electron chi connectivity index (χ3n) is 6.72. The average molecular weight is 499 g/mol. The minimum Gasteiger partial charge on any atom is -0.443 e. The lowest BCUT2D eigenvalue weighted by Gasteiger charge is -2.32. The van der Waals surface area contributed by atoms with Gasteiger partial charge in [-0.15, -0.1) is 0 Å². The van der Waals surface area contributed by atoms with E-state index in [9.17, 15) is 9.59 Å². The van der Waals surface area contributed by atoms with Crippen molar-refractivity contribution in [3.63, 3.8) is 0 Å². The zero-order valence-electron chi connectivity index (χ0n) is 20.8. The molecule has 0 radical (unpaired) electrons. The SMILES string of the molecule is Cc1ccc(C(=O)NCCCn2ccnc2)c(C2CCN(C(=O)c3ncoc3-c3ccccc3)CC2)n1. The fraction of sp³-hybridized carbons (Fsp3) is 0.321. The van der Waals surface area contributed by atoms with Crippen molar-refractivity contribution in [2.45, 2.75) is 38.6 Å². The van der Waals surface area contributed by atoms with Crippen molar-refractivity contribution in [2.24, 2.45) is 0 Å². The van der Waals surface area contributed by atoms with Crippen molar-refractivity contribution >= 4 is 11.8 Å². The third-order valence-corrected chi connectivity index (χ3v) is 6.72. The fourth-order valence-electron chi connectivity index (χ4n) is 4.76. The molecule has 190 valence electrons. The molecule has 5 rings (SSSR count). The second-order valence-corrected chi connectivity index (χ2v) is 9.26. The van der Waals surface area contributed by atoms with E-state index in [0.29, 0.717) is 36.7 Å². The number of benzene rings is 1. The van der Waals surface area contributed by atoms with Gasteiger partial charge in [-0.25, -0.2) is 9.97 Å². The van der Waals surface area contributed by atoms with E-state index in [1.807, 2.05) is 65.1 Å². The van der Waals surface area contributed by atoms with Gasteiger partial charge in [0.2, 0.25) is 0 Å². The molecule has 1 aliphatic heterocycles. The number of piperidine rings is 1. The number of hydrogen-bond acceptors (Lipinski definition) is 6. The number of rotatable bonds is 8. The van der Waals surface area contributed by atoms with Gasteiger partial charge >= 0.3 is 0 Å². The Labute approximate surface area is 215 Å². The smallest absolute Gasteiger partial charge is 0.276 e. The Morgan fingerprint density at radius 2 is 1.92 bits per heavy atom. The molecule has 9 heteroatoms. The number of likely N-dealkylation sites (tertiary alicyclic amines) is 1. The first-order chi connectivity index (χ1) is 18.1. The Bertz CT molecular complexity index is 1340. The molecule has 4 aromatic rings. The predicted molar refractivity (Wildman–Crippen MR) is 138 cm³/mol. The van der Waals surface area contributed by atoms with E-state index in [2.05, 4.69) is 15.3 Å². The Hall–Kier alpha value is -4.27. The number of nitrogens with one attached hydrogen (secondary N) is 1. The van der Waals surface area contributed by atoms with Crippen LogP contribution in [0.3, 0.4) is 0 Å². The predicted octanol–water partition coefficient (Wildman–Crippen LogP) is 4.08. The highest BCUT2D eigenvalue weighted by Crippen LogP contribution is 2.31. The van der Waals surface area contributed by atoms with E-state index in [1.54, 1.807) is 12.5 Å². The monoisotopic (exact) mass is 498 g/mol. The number of aromatic nitrogens is 4. The summed E-state index contributed by atoms with van der Waals surface area (Å²) in [6.07, 6.45) is 9.00. The highest BCUT2D eigenvalue weighted by Gasteiger charge is 2.30. The molecule has 1 saturated heterocycles. The molecule has 9 nitrogen and oxygen atoms in total. The first-order valence-electron chi connectivity index (χ1n) is 12.6. The minimum atomic E-state index is -0.140. The zero-order chi connectivity index (χ0) is 25.6. The summed E-state index contributed by atoms with van der Waals surface area (Å²) in [5.41, 5.74) is 3.45. The van der Waals surface area contributed by atoms with Gasteiger partial charge in [-0.2, -0.15) is 0 Å². The Morgan fingerprint density at radius 3 is 2.68 bits per heavy atom. The second kappa shape index (κ2) is 11.2. The standard InChI is InChI=1S/C28H30N6O3/c1-20-8-9-23(27(35)30-12-5-14-33-17-13-29-18-33)24(32-20)21-10-15-34(16-11-21)28(36)25-26(37-19-31-25)22-6-3-2-4-7-22/h2-4,6-9,13,17-19,21H,5,10-12,14-16H2,1H3,(H,30,35). The fourth-order valence-corrected chi connectivity index (χ4v) is 4.76. The molecule has 0 bridgehead atoms. The van der Waals surface area contributed by atoms with E-state index in [-0.39, 0.29) is 17.7 Å². The molecule has 1 fully saturated rings. The highest BCUT2D eigenvalue weighted by molar-refractivity contribution is 5.98. The molecule has 37 heavy (non-hydrogen) atoms. The largest absolute Gasteiger partial charge is 0.443 e.